The highest BCUT2D eigenvalue weighted by molar-refractivity contribution is 7.99. The number of nitrogen functional groups attached to an aromatic ring is 1. The molecule has 0 unspecified atom stereocenters. The molecule has 5 rings (SSSR count). The fraction of sp³-hybridized carbons (Fsp3) is 0.182. The predicted molar refractivity (Wildman–Crippen MR) is 124 cm³/mol. The largest absolute Gasteiger partial charge is 0.384 e. The minimum Gasteiger partial charge on any atom is -0.384 e. The van der Waals surface area contributed by atoms with Gasteiger partial charge in [-0.15, -0.1) is 10.2 Å². The molecule has 3 heterocycles. The molecular formula is C22H18FN7O3S. The second kappa shape index (κ2) is 8.71. The van der Waals surface area contributed by atoms with Crippen LogP contribution in [0, 0.1) is 5.82 Å². The summed E-state index contributed by atoms with van der Waals surface area (Å²) < 4.78 is 16.5. The summed E-state index contributed by atoms with van der Waals surface area (Å²) in [5.41, 5.74) is 5.68. The van der Waals surface area contributed by atoms with Crippen molar-refractivity contribution in [1.29, 1.82) is 0 Å². The van der Waals surface area contributed by atoms with Crippen molar-refractivity contribution < 1.29 is 9.18 Å². The fourth-order valence-corrected chi connectivity index (χ4v) is 4.43. The first kappa shape index (κ1) is 21.8. The van der Waals surface area contributed by atoms with Crippen LogP contribution in [0.5, 0.6) is 0 Å². The van der Waals surface area contributed by atoms with Crippen molar-refractivity contribution in [3.05, 3.63) is 81.0 Å². The quantitative estimate of drug-likeness (QED) is 0.304. The van der Waals surface area contributed by atoms with Gasteiger partial charge in [0.2, 0.25) is 0 Å². The van der Waals surface area contributed by atoms with Crippen molar-refractivity contribution >= 4 is 23.4 Å². The first-order valence-corrected chi connectivity index (χ1v) is 11.3. The van der Waals surface area contributed by atoms with Crippen LogP contribution < -0.4 is 17.0 Å². The van der Waals surface area contributed by atoms with Crippen molar-refractivity contribution in [3.63, 3.8) is 0 Å². The molecule has 12 heteroatoms. The Hall–Kier alpha value is -4.06. The van der Waals surface area contributed by atoms with Crippen molar-refractivity contribution in [2.45, 2.75) is 24.0 Å². The lowest BCUT2D eigenvalue weighted by Gasteiger charge is -2.12. The fourth-order valence-electron chi connectivity index (χ4n) is 3.61. The number of hydrogen-bond acceptors (Lipinski definition) is 8. The Morgan fingerprint density at radius 1 is 1.12 bits per heavy atom. The predicted octanol–water partition coefficient (Wildman–Crippen LogP) is 2.21. The van der Waals surface area contributed by atoms with Gasteiger partial charge in [-0.2, -0.15) is 0 Å². The summed E-state index contributed by atoms with van der Waals surface area (Å²) in [5.74, 6) is -0.765. The third-order valence-electron chi connectivity index (χ3n) is 5.36. The first-order valence-electron chi connectivity index (χ1n) is 10.4. The van der Waals surface area contributed by atoms with Gasteiger partial charge < -0.3 is 5.73 Å². The number of halogens is 1. The van der Waals surface area contributed by atoms with Gasteiger partial charge in [0.15, 0.2) is 16.8 Å². The third-order valence-corrected chi connectivity index (χ3v) is 6.29. The second-order valence-corrected chi connectivity index (χ2v) is 8.63. The van der Waals surface area contributed by atoms with Crippen molar-refractivity contribution in [2.24, 2.45) is 0 Å². The average Bonchev–Trinajstić information content (AvgIpc) is 3.56. The van der Waals surface area contributed by atoms with Gasteiger partial charge in [0, 0.05) is 29.7 Å². The lowest BCUT2D eigenvalue weighted by atomic mass is 10.2. The van der Waals surface area contributed by atoms with Gasteiger partial charge in [0.05, 0.1) is 5.75 Å². The normalized spacial score (nSPS) is 13.2. The Kier molecular flexibility index (Phi) is 5.57. The van der Waals surface area contributed by atoms with Gasteiger partial charge in [-0.05, 0) is 49.2 Å². The number of nitrogens with zero attached hydrogens (tertiary/aromatic N) is 5. The van der Waals surface area contributed by atoms with E-state index in [9.17, 15) is 18.8 Å². The summed E-state index contributed by atoms with van der Waals surface area (Å²) in [6.07, 6.45) is 4.74. The summed E-state index contributed by atoms with van der Waals surface area (Å²) in [6, 6.07) is 9.18. The van der Waals surface area contributed by atoms with Gasteiger partial charge in [0.25, 0.3) is 5.56 Å². The van der Waals surface area contributed by atoms with E-state index >= 15 is 0 Å². The molecule has 0 atom stereocenters. The monoisotopic (exact) mass is 479 g/mol. The maximum absolute atomic E-state index is 13.5. The smallest absolute Gasteiger partial charge is 0.330 e. The van der Waals surface area contributed by atoms with Crippen molar-refractivity contribution in [1.82, 2.24) is 29.3 Å². The molecule has 10 nitrogen and oxygen atoms in total. The highest BCUT2D eigenvalue weighted by Crippen LogP contribution is 2.35. The van der Waals surface area contributed by atoms with E-state index in [1.165, 1.54) is 16.7 Å². The van der Waals surface area contributed by atoms with Crippen LogP contribution in [0.15, 0.2) is 63.5 Å². The summed E-state index contributed by atoms with van der Waals surface area (Å²) in [5, 5.41) is 8.82. The molecule has 1 aliphatic carbocycles. The van der Waals surface area contributed by atoms with Gasteiger partial charge in [-0.25, -0.2) is 9.18 Å². The molecule has 0 aliphatic heterocycles. The van der Waals surface area contributed by atoms with Gasteiger partial charge >= 0.3 is 5.69 Å². The SMILES string of the molecule is Nc1c(C(=O)CSc2nnc(-c3ccncc3)n2-c2ccc(F)cc2)c(=O)[nH]c(=O)n1C1CC1. The van der Waals surface area contributed by atoms with Crippen LogP contribution in [0.2, 0.25) is 0 Å². The Balaban J connectivity index is 1.49. The maximum Gasteiger partial charge on any atom is 0.330 e. The molecule has 4 aromatic rings. The summed E-state index contributed by atoms with van der Waals surface area (Å²) in [6.45, 7) is 0. The Morgan fingerprint density at radius 3 is 2.50 bits per heavy atom. The third kappa shape index (κ3) is 4.03. The van der Waals surface area contributed by atoms with E-state index < -0.39 is 22.8 Å². The molecule has 3 aromatic heterocycles. The molecule has 0 saturated heterocycles. The number of pyridine rings is 1. The number of aromatic amines is 1. The summed E-state index contributed by atoms with van der Waals surface area (Å²) in [4.78, 5) is 43.7. The first-order chi connectivity index (χ1) is 16.4. The number of nitrogens with two attached hydrogens (primary N) is 1. The summed E-state index contributed by atoms with van der Waals surface area (Å²) in [7, 11) is 0. The number of carbonyl (C=O) groups is 1. The number of rotatable bonds is 7. The molecule has 34 heavy (non-hydrogen) atoms. The number of benzene rings is 1. The molecule has 0 spiro atoms. The Morgan fingerprint density at radius 2 is 1.82 bits per heavy atom. The molecule has 1 aromatic carbocycles. The van der Waals surface area contributed by atoms with Crippen LogP contribution in [-0.4, -0.2) is 40.8 Å². The van der Waals surface area contributed by atoms with E-state index in [0.29, 0.717) is 16.7 Å². The van der Waals surface area contributed by atoms with Gasteiger partial charge in [-0.1, -0.05) is 11.8 Å². The van der Waals surface area contributed by atoms with Gasteiger partial charge in [-0.3, -0.25) is 28.7 Å². The zero-order chi connectivity index (χ0) is 23.8. The molecule has 0 bridgehead atoms. The van der Waals surface area contributed by atoms with Crippen LogP contribution in [0.25, 0.3) is 17.1 Å². The number of ketones is 1. The minimum atomic E-state index is -0.817. The number of nitrogens with one attached hydrogen (secondary N) is 1. The second-order valence-electron chi connectivity index (χ2n) is 7.69. The Labute approximate surface area is 195 Å². The molecule has 172 valence electrons. The molecule has 1 fully saturated rings. The minimum absolute atomic E-state index is 0.104. The van der Waals surface area contributed by atoms with Crippen LogP contribution in [0.1, 0.15) is 29.2 Å². The zero-order valence-electron chi connectivity index (χ0n) is 17.6. The molecule has 3 N–H and O–H groups in total. The average molecular weight is 479 g/mol. The van der Waals surface area contributed by atoms with E-state index in [1.54, 1.807) is 41.2 Å². The van der Waals surface area contributed by atoms with Crippen LogP contribution in [-0.2, 0) is 0 Å². The van der Waals surface area contributed by atoms with E-state index in [1.807, 2.05) is 0 Å². The molecule has 1 aliphatic rings. The zero-order valence-corrected chi connectivity index (χ0v) is 18.5. The van der Waals surface area contributed by atoms with Gasteiger partial charge in [0.1, 0.15) is 17.2 Å². The standard InChI is InChI=1S/C22H18FN7O3S/c23-13-1-3-15(4-2-13)30-19(12-7-9-25-10-8-12)27-28-22(30)34-11-16(31)17-18(24)29(14-5-6-14)21(33)26-20(17)32/h1-4,7-10,14H,5-6,11,24H2,(H,26,32,33). The number of Topliss-reactive ketones (excluding diaryl/α,β-unsaturated/α-hetero) is 1. The summed E-state index contributed by atoms with van der Waals surface area (Å²) >= 11 is 1.05. The number of thioether (sulfide) groups is 1. The number of aromatic nitrogens is 6. The molecular weight excluding hydrogens is 461 g/mol. The maximum atomic E-state index is 13.5. The topological polar surface area (TPSA) is 142 Å². The lowest BCUT2D eigenvalue weighted by Crippen LogP contribution is -2.36. The highest BCUT2D eigenvalue weighted by Gasteiger charge is 2.30. The number of hydrogen-bond donors (Lipinski definition) is 2. The molecule has 0 amide bonds. The van der Waals surface area contributed by atoms with Crippen LogP contribution >= 0.6 is 11.8 Å². The van der Waals surface area contributed by atoms with E-state index in [2.05, 4.69) is 20.2 Å². The van der Waals surface area contributed by atoms with Crippen molar-refractivity contribution in [3.8, 4) is 17.1 Å². The highest BCUT2D eigenvalue weighted by atomic mass is 32.2. The molecule has 0 radical (unpaired) electrons. The number of anilines is 1. The van der Waals surface area contributed by atoms with E-state index in [0.717, 1.165) is 30.2 Å². The van der Waals surface area contributed by atoms with Crippen LogP contribution in [0.3, 0.4) is 0 Å². The lowest BCUT2D eigenvalue weighted by molar-refractivity contribution is 0.102. The van der Waals surface area contributed by atoms with E-state index in [4.69, 9.17) is 5.73 Å². The number of H-pyrrole nitrogens is 1. The molecule has 1 saturated carbocycles. The Bertz CT molecular complexity index is 1490. The van der Waals surface area contributed by atoms with Crippen LogP contribution in [0.4, 0.5) is 10.2 Å². The number of carbonyl (C=O) groups excluding carboxylic acids is 1. The van der Waals surface area contributed by atoms with E-state index in [-0.39, 0.29) is 23.2 Å². The van der Waals surface area contributed by atoms with Crippen molar-refractivity contribution in [2.75, 3.05) is 11.5 Å².